The highest BCUT2D eigenvalue weighted by atomic mass is 127. The average molecular weight is 574 g/mol. The molecule has 0 saturated carbocycles. The highest BCUT2D eigenvalue weighted by Crippen LogP contribution is 2.35. The minimum absolute atomic E-state index is 0.0784. The van der Waals surface area contributed by atoms with Crippen LogP contribution in [0.3, 0.4) is 0 Å². The molecule has 0 spiro atoms. The molecule has 0 bridgehead atoms. The van der Waals surface area contributed by atoms with Gasteiger partial charge in [-0.05, 0) is 68.8 Å². The summed E-state index contributed by atoms with van der Waals surface area (Å²) in [6.45, 7) is 0. The first kappa shape index (κ1) is 21.4. The quantitative estimate of drug-likeness (QED) is 0.329. The number of amides is 4. The maximum Gasteiger partial charge on any atom is 0.266 e. The van der Waals surface area contributed by atoms with Crippen LogP contribution in [-0.4, -0.2) is 27.6 Å². The number of nitrogens with zero attached hydrogens (tertiary/aromatic N) is 2. The largest absolute Gasteiger partial charge is 0.457 e. The maximum atomic E-state index is 13.3. The number of anilines is 2. The molecule has 6 rings (SSSR count). The lowest BCUT2D eigenvalue weighted by atomic mass is 10.1. The Kier molecular flexibility index (Phi) is 5.03. The van der Waals surface area contributed by atoms with Gasteiger partial charge in [-0.15, -0.1) is 0 Å². The summed E-state index contributed by atoms with van der Waals surface area (Å²) in [5, 5.41) is 0. The summed E-state index contributed by atoms with van der Waals surface area (Å²) in [6.07, 6.45) is 3.79. The molecule has 8 heteroatoms. The number of imide groups is 2. The normalized spacial score (nSPS) is 16.3. The number of carbonyl (C=O) groups excluding carboxylic acids is 4. The Labute approximate surface area is 209 Å². The van der Waals surface area contributed by atoms with Crippen molar-refractivity contribution in [2.75, 3.05) is 9.80 Å². The van der Waals surface area contributed by atoms with Crippen molar-refractivity contribution in [3.05, 3.63) is 111 Å². The predicted octanol–water partition coefficient (Wildman–Crippen LogP) is 4.85. The molecule has 0 saturated heterocycles. The first-order valence-electron chi connectivity index (χ1n) is 10.6. The van der Waals surface area contributed by atoms with Crippen LogP contribution in [0.5, 0.6) is 5.75 Å². The smallest absolute Gasteiger partial charge is 0.266 e. The van der Waals surface area contributed by atoms with Crippen molar-refractivity contribution in [3.63, 3.8) is 0 Å². The summed E-state index contributed by atoms with van der Waals surface area (Å²) in [5.74, 6) is -0.754. The van der Waals surface area contributed by atoms with Gasteiger partial charge >= 0.3 is 0 Å². The van der Waals surface area contributed by atoms with E-state index in [0.29, 0.717) is 22.6 Å². The van der Waals surface area contributed by atoms with Gasteiger partial charge in [-0.2, -0.15) is 0 Å². The average Bonchev–Trinajstić information content (AvgIpc) is 3.29. The number of halogens is 1. The molecule has 0 unspecified atom stereocenters. The number of carbonyl (C=O) groups is 4. The lowest BCUT2D eigenvalue weighted by Gasteiger charge is -2.18. The Morgan fingerprint density at radius 1 is 0.629 bits per heavy atom. The Hall–Kier alpha value is -4.18. The van der Waals surface area contributed by atoms with Gasteiger partial charge in [-0.25, -0.2) is 9.80 Å². The van der Waals surface area contributed by atoms with E-state index in [4.69, 9.17) is 4.74 Å². The van der Waals surface area contributed by atoms with Crippen LogP contribution in [0.1, 0.15) is 41.4 Å². The number of hydrogen-bond acceptors (Lipinski definition) is 5. The lowest BCUT2D eigenvalue weighted by molar-refractivity contribution is 0.0912. The zero-order valence-corrected chi connectivity index (χ0v) is 20.1. The van der Waals surface area contributed by atoms with Gasteiger partial charge in [-0.3, -0.25) is 19.2 Å². The summed E-state index contributed by atoms with van der Waals surface area (Å²) in [6, 6.07) is 17.7. The monoisotopic (exact) mass is 574 g/mol. The van der Waals surface area contributed by atoms with Crippen LogP contribution in [-0.2, 0) is 0 Å². The lowest BCUT2D eigenvalue weighted by Crippen LogP contribution is -2.31. The Morgan fingerprint density at radius 3 is 1.83 bits per heavy atom. The SMILES string of the molecule is O=C1c2ccccc2C(=O)N1c1cccc(N2C(=O)c3ccc(OC4=CC=IC=C4)cc3C2=O)c1. The Bertz CT molecular complexity index is 1530. The fourth-order valence-electron chi connectivity index (χ4n) is 4.21. The zero-order valence-electron chi connectivity index (χ0n) is 18.0. The van der Waals surface area contributed by atoms with Crippen molar-refractivity contribution in [1.82, 2.24) is 0 Å². The molecule has 7 nitrogen and oxygen atoms in total. The minimum atomic E-state index is -0.499. The van der Waals surface area contributed by atoms with Crippen LogP contribution in [0.2, 0.25) is 0 Å². The molecule has 3 heterocycles. The number of allylic oxidation sites excluding steroid dienone is 2. The summed E-state index contributed by atoms with van der Waals surface area (Å²) < 4.78 is 9.98. The van der Waals surface area contributed by atoms with Crippen molar-refractivity contribution in [1.29, 1.82) is 0 Å². The van der Waals surface area contributed by atoms with E-state index in [0.717, 1.165) is 9.80 Å². The molecule has 0 aliphatic carbocycles. The Morgan fingerprint density at radius 2 is 1.23 bits per heavy atom. The number of rotatable bonds is 4. The molecule has 4 amide bonds. The highest BCUT2D eigenvalue weighted by molar-refractivity contribution is 14.2. The minimum Gasteiger partial charge on any atom is -0.457 e. The van der Waals surface area contributed by atoms with Crippen LogP contribution < -0.4 is 14.5 Å². The third-order valence-corrected chi connectivity index (χ3v) is 7.38. The second-order valence-electron chi connectivity index (χ2n) is 7.88. The van der Waals surface area contributed by atoms with E-state index in [9.17, 15) is 19.2 Å². The van der Waals surface area contributed by atoms with Gasteiger partial charge in [-0.1, -0.05) is 38.9 Å². The molecule has 35 heavy (non-hydrogen) atoms. The third-order valence-electron chi connectivity index (χ3n) is 5.83. The van der Waals surface area contributed by atoms with Crippen molar-refractivity contribution in [3.8, 4) is 5.75 Å². The third kappa shape index (κ3) is 3.45. The van der Waals surface area contributed by atoms with E-state index in [-0.39, 0.29) is 43.2 Å². The molecule has 0 atom stereocenters. The summed E-state index contributed by atoms with van der Waals surface area (Å²) in [7, 11) is 0. The van der Waals surface area contributed by atoms with Crippen LogP contribution >= 0.6 is 20.7 Å². The molecule has 0 fully saturated rings. The molecular weight excluding hydrogens is 559 g/mol. The van der Waals surface area contributed by atoms with Crippen molar-refractivity contribution >= 4 is 59.7 Å². The fraction of sp³-hybridized carbons (Fsp3) is 0. The van der Waals surface area contributed by atoms with Gasteiger partial charge in [0, 0.05) is 0 Å². The molecule has 0 aromatic heterocycles. The highest BCUT2D eigenvalue weighted by Gasteiger charge is 2.39. The van der Waals surface area contributed by atoms with Gasteiger partial charge in [0.25, 0.3) is 23.6 Å². The molecule has 0 N–H and O–H groups in total. The number of fused-ring (bicyclic) bond motifs is 2. The second kappa shape index (κ2) is 8.24. The molecule has 170 valence electrons. The molecule has 3 aromatic carbocycles. The van der Waals surface area contributed by atoms with E-state index in [1.807, 2.05) is 12.2 Å². The standard InChI is InChI=1S/C27H15IN2O5/c31-24-20-6-1-2-7-21(20)25(32)29(24)16-4-3-5-17(14-16)30-26(33)22-9-8-19(15-23(22)27(30)34)35-18-10-12-28-13-11-18/h1-15H. The molecule has 3 aromatic rings. The van der Waals surface area contributed by atoms with E-state index >= 15 is 0 Å². The van der Waals surface area contributed by atoms with E-state index in [2.05, 4.69) is 8.09 Å². The van der Waals surface area contributed by atoms with Gasteiger partial charge in [0.1, 0.15) is 11.5 Å². The van der Waals surface area contributed by atoms with Gasteiger partial charge in [0.15, 0.2) is 0 Å². The summed E-state index contributed by atoms with van der Waals surface area (Å²) in [4.78, 5) is 54.3. The molecular formula is C27H15IN2O5. The van der Waals surface area contributed by atoms with Crippen molar-refractivity contribution in [2.45, 2.75) is 0 Å². The molecule has 0 radical (unpaired) electrons. The van der Waals surface area contributed by atoms with Gasteiger partial charge in [0.2, 0.25) is 0 Å². The van der Waals surface area contributed by atoms with Crippen molar-refractivity contribution < 1.29 is 23.9 Å². The number of benzene rings is 3. The van der Waals surface area contributed by atoms with Gasteiger partial charge < -0.3 is 4.74 Å². The first-order chi connectivity index (χ1) is 17.0. The maximum absolute atomic E-state index is 13.3. The zero-order chi connectivity index (χ0) is 24.1. The van der Waals surface area contributed by atoms with Crippen molar-refractivity contribution in [2.24, 2.45) is 0 Å². The van der Waals surface area contributed by atoms with Crippen LogP contribution in [0.4, 0.5) is 11.4 Å². The number of hydrogen-bond donors (Lipinski definition) is 0. The molecule has 3 aliphatic rings. The number of ether oxygens (including phenoxy) is 1. The fourth-order valence-corrected chi connectivity index (χ4v) is 5.58. The Balaban J connectivity index is 1.32. The molecule has 3 aliphatic heterocycles. The van der Waals surface area contributed by atoms with Crippen LogP contribution in [0.25, 0.3) is 0 Å². The van der Waals surface area contributed by atoms with Gasteiger partial charge in [0.05, 0.1) is 33.6 Å². The second-order valence-corrected chi connectivity index (χ2v) is 10.0. The summed E-state index contributed by atoms with van der Waals surface area (Å²) in [5.41, 5.74) is 1.68. The topological polar surface area (TPSA) is 84.0 Å². The van der Waals surface area contributed by atoms with E-state index in [1.165, 1.54) is 6.07 Å². The van der Waals surface area contributed by atoms with E-state index in [1.54, 1.807) is 60.7 Å². The summed E-state index contributed by atoms with van der Waals surface area (Å²) >= 11 is -0.0784. The van der Waals surface area contributed by atoms with Crippen LogP contribution in [0, 0.1) is 0 Å². The predicted molar refractivity (Wildman–Crippen MR) is 140 cm³/mol. The van der Waals surface area contributed by atoms with Crippen LogP contribution in [0.15, 0.2) is 88.7 Å². The first-order valence-corrected chi connectivity index (χ1v) is 13.1. The van der Waals surface area contributed by atoms with E-state index < -0.39 is 23.6 Å².